The highest BCUT2D eigenvalue weighted by Gasteiger charge is 2.12. The van der Waals surface area contributed by atoms with Gasteiger partial charge in [0.05, 0.1) is 5.69 Å². The number of hydrogen-bond acceptors (Lipinski definition) is 3. The van der Waals surface area contributed by atoms with Crippen LogP contribution in [0.4, 0.5) is 5.69 Å². The largest absolute Gasteiger partial charge is 0.441 e. The van der Waals surface area contributed by atoms with Crippen LogP contribution in [-0.2, 0) is 6.42 Å². The van der Waals surface area contributed by atoms with Crippen LogP contribution < -0.4 is 5.73 Å². The molecular weight excluding hydrogens is 200 g/mol. The summed E-state index contributed by atoms with van der Waals surface area (Å²) in [5.74, 6) is 1.61. The minimum absolute atomic E-state index is 0.666. The van der Waals surface area contributed by atoms with Crippen molar-refractivity contribution < 1.29 is 4.42 Å². The van der Waals surface area contributed by atoms with Gasteiger partial charge >= 0.3 is 0 Å². The number of aryl methyl sites for hydroxylation is 2. The number of oxazole rings is 1. The molecule has 1 aromatic heterocycles. The molecule has 84 valence electrons. The smallest absolute Gasteiger partial charge is 0.226 e. The molecular formula is C13H16N2O. The zero-order valence-electron chi connectivity index (χ0n) is 9.87. The second kappa shape index (κ2) is 4.00. The van der Waals surface area contributed by atoms with Crippen LogP contribution in [0.15, 0.2) is 22.6 Å². The molecule has 0 aliphatic carbocycles. The maximum Gasteiger partial charge on any atom is 0.226 e. The van der Waals surface area contributed by atoms with E-state index in [0.717, 1.165) is 34.7 Å². The SMILES string of the molecule is CCc1oc(-c2cccc(N)c2C)nc1C. The predicted molar refractivity (Wildman–Crippen MR) is 65.2 cm³/mol. The van der Waals surface area contributed by atoms with Crippen LogP contribution in [0.2, 0.25) is 0 Å². The van der Waals surface area contributed by atoms with E-state index in [0.29, 0.717) is 5.89 Å². The Bertz CT molecular complexity index is 515. The van der Waals surface area contributed by atoms with E-state index in [2.05, 4.69) is 11.9 Å². The number of benzene rings is 1. The third-order valence-corrected chi connectivity index (χ3v) is 2.82. The first kappa shape index (κ1) is 10.7. The van der Waals surface area contributed by atoms with Gasteiger partial charge in [-0.3, -0.25) is 0 Å². The molecule has 0 saturated heterocycles. The average molecular weight is 216 g/mol. The molecule has 0 amide bonds. The van der Waals surface area contributed by atoms with Crippen molar-refractivity contribution in [3.8, 4) is 11.5 Å². The summed E-state index contributed by atoms with van der Waals surface area (Å²) in [6.45, 7) is 6.01. The number of anilines is 1. The van der Waals surface area contributed by atoms with Gasteiger partial charge in [0.1, 0.15) is 5.76 Å². The number of nitrogens with two attached hydrogens (primary N) is 1. The van der Waals surface area contributed by atoms with Crippen LogP contribution in [0.1, 0.15) is 23.9 Å². The van der Waals surface area contributed by atoms with Crippen molar-refractivity contribution >= 4 is 5.69 Å². The summed E-state index contributed by atoms with van der Waals surface area (Å²) in [5, 5.41) is 0. The summed E-state index contributed by atoms with van der Waals surface area (Å²) >= 11 is 0. The van der Waals surface area contributed by atoms with E-state index in [1.165, 1.54) is 0 Å². The normalized spacial score (nSPS) is 10.7. The number of rotatable bonds is 2. The van der Waals surface area contributed by atoms with Crippen LogP contribution >= 0.6 is 0 Å². The lowest BCUT2D eigenvalue weighted by Gasteiger charge is -2.03. The summed E-state index contributed by atoms with van der Waals surface area (Å²) in [6, 6.07) is 5.79. The summed E-state index contributed by atoms with van der Waals surface area (Å²) in [6.07, 6.45) is 0.861. The quantitative estimate of drug-likeness (QED) is 0.785. The molecule has 3 heteroatoms. The molecule has 0 saturated carbocycles. The summed E-state index contributed by atoms with van der Waals surface area (Å²) < 4.78 is 5.72. The van der Waals surface area contributed by atoms with Gasteiger partial charge in [0, 0.05) is 17.7 Å². The minimum atomic E-state index is 0.666. The summed E-state index contributed by atoms with van der Waals surface area (Å²) in [7, 11) is 0. The van der Waals surface area contributed by atoms with Gasteiger partial charge in [0.15, 0.2) is 0 Å². The molecule has 0 aliphatic rings. The Morgan fingerprint density at radius 1 is 1.31 bits per heavy atom. The second-order valence-corrected chi connectivity index (χ2v) is 3.90. The van der Waals surface area contributed by atoms with E-state index < -0.39 is 0 Å². The molecule has 3 nitrogen and oxygen atoms in total. The summed E-state index contributed by atoms with van der Waals surface area (Å²) in [4.78, 5) is 4.43. The van der Waals surface area contributed by atoms with Gasteiger partial charge in [-0.1, -0.05) is 13.0 Å². The number of aromatic nitrogens is 1. The lowest BCUT2D eigenvalue weighted by atomic mass is 10.1. The molecule has 0 aliphatic heterocycles. The fourth-order valence-corrected chi connectivity index (χ4v) is 1.76. The van der Waals surface area contributed by atoms with E-state index in [9.17, 15) is 0 Å². The lowest BCUT2D eigenvalue weighted by Crippen LogP contribution is -1.91. The van der Waals surface area contributed by atoms with E-state index >= 15 is 0 Å². The van der Waals surface area contributed by atoms with Gasteiger partial charge in [-0.2, -0.15) is 0 Å². The van der Waals surface area contributed by atoms with Crippen molar-refractivity contribution in [2.45, 2.75) is 27.2 Å². The monoisotopic (exact) mass is 216 g/mol. The highest BCUT2D eigenvalue weighted by molar-refractivity contribution is 5.67. The zero-order valence-corrected chi connectivity index (χ0v) is 9.87. The topological polar surface area (TPSA) is 52.0 Å². The van der Waals surface area contributed by atoms with Crippen molar-refractivity contribution in [1.82, 2.24) is 4.98 Å². The molecule has 2 aromatic rings. The first-order chi connectivity index (χ1) is 7.63. The molecule has 1 aromatic carbocycles. The van der Waals surface area contributed by atoms with Gasteiger partial charge < -0.3 is 10.2 Å². The van der Waals surface area contributed by atoms with Crippen molar-refractivity contribution in [3.05, 3.63) is 35.2 Å². The Morgan fingerprint density at radius 3 is 2.69 bits per heavy atom. The van der Waals surface area contributed by atoms with Gasteiger partial charge in [-0.05, 0) is 31.5 Å². The van der Waals surface area contributed by atoms with Crippen LogP contribution in [0, 0.1) is 13.8 Å². The Hall–Kier alpha value is -1.77. The molecule has 2 N–H and O–H groups in total. The zero-order chi connectivity index (χ0) is 11.7. The molecule has 2 rings (SSSR count). The molecule has 0 fully saturated rings. The molecule has 0 radical (unpaired) electrons. The van der Waals surface area contributed by atoms with Crippen LogP contribution in [0.3, 0.4) is 0 Å². The molecule has 0 bridgehead atoms. The Labute approximate surface area is 95.3 Å². The fourth-order valence-electron chi connectivity index (χ4n) is 1.76. The Kier molecular flexibility index (Phi) is 2.69. The van der Waals surface area contributed by atoms with Crippen LogP contribution in [-0.4, -0.2) is 4.98 Å². The van der Waals surface area contributed by atoms with E-state index in [1.54, 1.807) is 0 Å². The molecule has 0 atom stereocenters. The van der Waals surface area contributed by atoms with Crippen LogP contribution in [0.5, 0.6) is 0 Å². The molecule has 0 unspecified atom stereocenters. The Morgan fingerprint density at radius 2 is 2.06 bits per heavy atom. The van der Waals surface area contributed by atoms with E-state index in [1.807, 2.05) is 32.0 Å². The van der Waals surface area contributed by atoms with Crippen molar-refractivity contribution in [2.75, 3.05) is 5.73 Å². The standard InChI is InChI=1S/C13H16N2O/c1-4-12-9(3)15-13(16-12)10-6-5-7-11(14)8(10)2/h5-7H,4,14H2,1-3H3. The lowest BCUT2D eigenvalue weighted by molar-refractivity contribution is 0.522. The highest BCUT2D eigenvalue weighted by Crippen LogP contribution is 2.27. The molecule has 0 spiro atoms. The third-order valence-electron chi connectivity index (χ3n) is 2.82. The predicted octanol–water partition coefficient (Wildman–Crippen LogP) is 3.10. The van der Waals surface area contributed by atoms with E-state index in [-0.39, 0.29) is 0 Å². The second-order valence-electron chi connectivity index (χ2n) is 3.90. The first-order valence-corrected chi connectivity index (χ1v) is 5.45. The molecule has 16 heavy (non-hydrogen) atoms. The first-order valence-electron chi connectivity index (χ1n) is 5.45. The van der Waals surface area contributed by atoms with Gasteiger partial charge in [-0.25, -0.2) is 4.98 Å². The number of nitrogens with zero attached hydrogens (tertiary/aromatic N) is 1. The third kappa shape index (κ3) is 1.69. The van der Waals surface area contributed by atoms with E-state index in [4.69, 9.17) is 10.2 Å². The van der Waals surface area contributed by atoms with Crippen LogP contribution in [0.25, 0.3) is 11.5 Å². The van der Waals surface area contributed by atoms with Crippen molar-refractivity contribution in [2.24, 2.45) is 0 Å². The summed E-state index contributed by atoms with van der Waals surface area (Å²) in [5.41, 5.74) is 9.59. The maximum atomic E-state index is 5.87. The fraction of sp³-hybridized carbons (Fsp3) is 0.308. The highest BCUT2D eigenvalue weighted by atomic mass is 16.4. The molecule has 1 heterocycles. The van der Waals surface area contributed by atoms with Gasteiger partial charge in [0.2, 0.25) is 5.89 Å². The minimum Gasteiger partial charge on any atom is -0.441 e. The van der Waals surface area contributed by atoms with Crippen molar-refractivity contribution in [3.63, 3.8) is 0 Å². The number of hydrogen-bond donors (Lipinski definition) is 1. The van der Waals surface area contributed by atoms with Gasteiger partial charge in [0.25, 0.3) is 0 Å². The number of nitrogen functional groups attached to an aromatic ring is 1. The van der Waals surface area contributed by atoms with Crippen molar-refractivity contribution in [1.29, 1.82) is 0 Å². The Balaban J connectivity index is 2.54. The van der Waals surface area contributed by atoms with Gasteiger partial charge in [-0.15, -0.1) is 0 Å². The average Bonchev–Trinajstić information content (AvgIpc) is 2.63. The maximum absolute atomic E-state index is 5.87.